The third-order valence-corrected chi connectivity index (χ3v) is 7.03. The highest BCUT2D eigenvalue weighted by molar-refractivity contribution is 7.19. The monoisotopic (exact) mass is 385 g/mol. The van der Waals surface area contributed by atoms with Crippen molar-refractivity contribution < 1.29 is 9.47 Å². The fraction of sp³-hybridized carbons (Fsp3) is 0.619. The molecule has 0 bridgehead atoms. The van der Waals surface area contributed by atoms with E-state index in [0.29, 0.717) is 25.2 Å². The van der Waals surface area contributed by atoms with Crippen molar-refractivity contribution >= 4 is 21.6 Å². The van der Waals surface area contributed by atoms with E-state index in [1.807, 2.05) is 0 Å². The van der Waals surface area contributed by atoms with Crippen LogP contribution in [-0.4, -0.2) is 54.3 Å². The Hall–Kier alpha value is -1.68. The van der Waals surface area contributed by atoms with Gasteiger partial charge in [0.25, 0.3) is 0 Å². The van der Waals surface area contributed by atoms with Crippen LogP contribution in [0.2, 0.25) is 0 Å². The molecule has 2 heterocycles. The summed E-state index contributed by atoms with van der Waals surface area (Å²) in [4.78, 5) is 13.8. The molecular weight excluding hydrogens is 358 g/mol. The first kappa shape index (κ1) is 18.7. The Labute approximate surface area is 165 Å². The minimum Gasteiger partial charge on any atom is -0.474 e. The second-order valence-corrected chi connectivity index (χ2v) is 8.85. The molecule has 0 radical (unpaired) electrons. The second-order valence-electron chi connectivity index (χ2n) is 7.76. The molecule has 0 aliphatic heterocycles. The fourth-order valence-electron chi connectivity index (χ4n) is 4.39. The van der Waals surface area contributed by atoms with Crippen LogP contribution in [0.25, 0.3) is 10.2 Å². The van der Waals surface area contributed by atoms with Gasteiger partial charge in [0.2, 0.25) is 5.88 Å². The van der Waals surface area contributed by atoms with E-state index in [2.05, 4.69) is 34.9 Å². The average Bonchev–Trinajstić information content (AvgIpc) is 3.22. The summed E-state index contributed by atoms with van der Waals surface area (Å²) in [5, 5.41) is 1.11. The normalized spacial score (nSPS) is 24.9. The Kier molecular flexibility index (Phi) is 5.63. The van der Waals surface area contributed by atoms with Crippen molar-refractivity contribution in [3.8, 4) is 18.2 Å². The summed E-state index contributed by atoms with van der Waals surface area (Å²) < 4.78 is 12.1. The van der Waals surface area contributed by atoms with Gasteiger partial charge < -0.3 is 14.4 Å². The highest BCUT2D eigenvalue weighted by Gasteiger charge is 2.31. The zero-order chi connectivity index (χ0) is 18.8. The van der Waals surface area contributed by atoms with Crippen LogP contribution in [-0.2, 0) is 11.2 Å². The summed E-state index contributed by atoms with van der Waals surface area (Å²) in [6.07, 6.45) is 13.9. The SMILES string of the molecule is C#CCOCC1CCc2sc3ncnc(OC4CCC(N(C)C)CC4)c3c21. The zero-order valence-corrected chi connectivity index (χ0v) is 16.9. The Bertz CT molecular complexity index is 834. The first-order valence-corrected chi connectivity index (χ1v) is 10.6. The van der Waals surface area contributed by atoms with Gasteiger partial charge in [0, 0.05) is 16.8 Å². The molecule has 0 N–H and O–H groups in total. The van der Waals surface area contributed by atoms with Gasteiger partial charge in [-0.2, -0.15) is 0 Å². The van der Waals surface area contributed by atoms with E-state index < -0.39 is 0 Å². The Morgan fingerprint density at radius 2 is 2.04 bits per heavy atom. The summed E-state index contributed by atoms with van der Waals surface area (Å²) in [6, 6.07) is 0.665. The van der Waals surface area contributed by atoms with Gasteiger partial charge in [-0.3, -0.25) is 0 Å². The smallest absolute Gasteiger partial charge is 0.225 e. The number of terminal acetylenes is 1. The molecule has 1 saturated carbocycles. The van der Waals surface area contributed by atoms with Gasteiger partial charge >= 0.3 is 0 Å². The van der Waals surface area contributed by atoms with Crippen molar-refractivity contribution in [3.63, 3.8) is 0 Å². The van der Waals surface area contributed by atoms with Crippen LogP contribution < -0.4 is 4.74 Å². The molecule has 4 rings (SSSR count). The molecule has 2 aromatic heterocycles. The van der Waals surface area contributed by atoms with Crippen molar-refractivity contribution in [3.05, 3.63) is 16.8 Å². The third-order valence-electron chi connectivity index (χ3n) is 5.85. The molecular formula is C21H27N3O2S. The van der Waals surface area contributed by atoms with E-state index >= 15 is 0 Å². The fourth-order valence-corrected chi connectivity index (χ4v) is 5.63. The van der Waals surface area contributed by atoms with Crippen LogP contribution in [0.4, 0.5) is 0 Å². The first-order chi connectivity index (χ1) is 13.2. The van der Waals surface area contributed by atoms with E-state index in [-0.39, 0.29) is 6.10 Å². The molecule has 0 amide bonds. The largest absolute Gasteiger partial charge is 0.474 e. The summed E-state index contributed by atoms with van der Waals surface area (Å²) in [6.45, 7) is 1.02. The number of aryl methyl sites for hydroxylation is 1. The number of hydrogen-bond acceptors (Lipinski definition) is 6. The lowest BCUT2D eigenvalue weighted by molar-refractivity contribution is 0.108. The van der Waals surface area contributed by atoms with E-state index in [4.69, 9.17) is 15.9 Å². The minimum atomic E-state index is 0.243. The standard InChI is InChI=1S/C21H27N3O2S/c1-4-11-25-12-14-5-10-17-18(14)19-20(22-13-23-21(19)27-17)26-16-8-6-15(7-9-16)24(2)3/h1,13-16H,5-12H2,2-3H3. The summed E-state index contributed by atoms with van der Waals surface area (Å²) in [5.74, 6) is 3.67. The second kappa shape index (κ2) is 8.14. The van der Waals surface area contributed by atoms with Gasteiger partial charge in [0.15, 0.2) is 0 Å². The predicted octanol–water partition coefficient (Wildman–Crippen LogP) is 3.62. The van der Waals surface area contributed by atoms with Crippen LogP contribution in [0.3, 0.4) is 0 Å². The molecule has 1 unspecified atom stereocenters. The van der Waals surface area contributed by atoms with Crippen LogP contribution >= 0.6 is 11.3 Å². The number of thiophene rings is 1. The number of aromatic nitrogens is 2. The molecule has 2 aromatic rings. The Morgan fingerprint density at radius 1 is 1.22 bits per heavy atom. The number of nitrogens with zero attached hydrogens (tertiary/aromatic N) is 3. The van der Waals surface area contributed by atoms with Crippen molar-refractivity contribution in [2.45, 2.75) is 56.6 Å². The van der Waals surface area contributed by atoms with Gasteiger partial charge in [-0.1, -0.05) is 5.92 Å². The molecule has 0 saturated heterocycles. The first-order valence-electron chi connectivity index (χ1n) is 9.78. The van der Waals surface area contributed by atoms with Crippen LogP contribution in [0.1, 0.15) is 48.5 Å². The maximum Gasteiger partial charge on any atom is 0.225 e. The molecule has 1 atom stereocenters. The van der Waals surface area contributed by atoms with Gasteiger partial charge in [-0.25, -0.2) is 9.97 Å². The number of rotatable bonds is 6. The van der Waals surface area contributed by atoms with Gasteiger partial charge in [-0.05, 0) is 58.2 Å². The molecule has 6 heteroatoms. The van der Waals surface area contributed by atoms with Gasteiger partial charge in [0.05, 0.1) is 12.0 Å². The van der Waals surface area contributed by atoms with Crippen molar-refractivity contribution in [2.24, 2.45) is 0 Å². The lowest BCUT2D eigenvalue weighted by Gasteiger charge is -2.32. The molecule has 0 spiro atoms. The zero-order valence-electron chi connectivity index (χ0n) is 16.1. The van der Waals surface area contributed by atoms with Crippen molar-refractivity contribution in [1.29, 1.82) is 0 Å². The summed E-state index contributed by atoms with van der Waals surface area (Å²) >= 11 is 1.78. The van der Waals surface area contributed by atoms with Gasteiger partial charge in [0.1, 0.15) is 23.9 Å². The molecule has 27 heavy (non-hydrogen) atoms. The molecule has 2 aliphatic carbocycles. The number of ether oxygens (including phenoxy) is 2. The molecule has 144 valence electrons. The Morgan fingerprint density at radius 3 is 2.78 bits per heavy atom. The van der Waals surface area contributed by atoms with E-state index in [1.165, 1.54) is 23.3 Å². The van der Waals surface area contributed by atoms with E-state index in [0.717, 1.165) is 41.8 Å². The quantitative estimate of drug-likeness (QED) is 0.561. The molecule has 0 aromatic carbocycles. The lowest BCUT2D eigenvalue weighted by Crippen LogP contribution is -2.35. The van der Waals surface area contributed by atoms with Crippen molar-refractivity contribution in [1.82, 2.24) is 14.9 Å². The topological polar surface area (TPSA) is 47.5 Å². The average molecular weight is 386 g/mol. The highest BCUT2D eigenvalue weighted by atomic mass is 32.1. The van der Waals surface area contributed by atoms with Crippen LogP contribution in [0.5, 0.6) is 5.88 Å². The van der Waals surface area contributed by atoms with E-state index in [9.17, 15) is 0 Å². The lowest BCUT2D eigenvalue weighted by atomic mass is 9.92. The molecule has 5 nitrogen and oxygen atoms in total. The molecule has 1 fully saturated rings. The minimum absolute atomic E-state index is 0.243. The predicted molar refractivity (Wildman–Crippen MR) is 108 cm³/mol. The van der Waals surface area contributed by atoms with Crippen LogP contribution in [0.15, 0.2) is 6.33 Å². The maximum absolute atomic E-state index is 6.42. The Balaban J connectivity index is 1.55. The highest BCUT2D eigenvalue weighted by Crippen LogP contribution is 2.46. The van der Waals surface area contributed by atoms with E-state index in [1.54, 1.807) is 17.7 Å². The molecule has 2 aliphatic rings. The maximum atomic E-state index is 6.42. The number of fused-ring (bicyclic) bond motifs is 3. The third kappa shape index (κ3) is 3.82. The van der Waals surface area contributed by atoms with Crippen LogP contribution in [0, 0.1) is 12.3 Å². The summed E-state index contributed by atoms with van der Waals surface area (Å²) in [7, 11) is 4.33. The summed E-state index contributed by atoms with van der Waals surface area (Å²) in [5.41, 5.74) is 1.34. The van der Waals surface area contributed by atoms with Crippen molar-refractivity contribution in [2.75, 3.05) is 27.3 Å². The van der Waals surface area contributed by atoms with Gasteiger partial charge in [-0.15, -0.1) is 17.8 Å². The number of hydrogen-bond donors (Lipinski definition) is 0.